The van der Waals surface area contributed by atoms with Crippen molar-refractivity contribution in [2.75, 3.05) is 12.3 Å². The zero-order chi connectivity index (χ0) is 23.0. The molecule has 1 N–H and O–H groups in total. The van der Waals surface area contributed by atoms with Gasteiger partial charge in [0.15, 0.2) is 0 Å². The number of H-pyrrole nitrogens is 1. The van der Waals surface area contributed by atoms with Crippen molar-refractivity contribution in [3.05, 3.63) is 95.4 Å². The second-order valence-electron chi connectivity index (χ2n) is 7.45. The highest BCUT2D eigenvalue weighted by Gasteiger charge is 2.14. The lowest BCUT2D eigenvalue weighted by molar-refractivity contribution is 0.628. The van der Waals surface area contributed by atoms with E-state index in [1.807, 2.05) is 36.4 Å². The molecular formula is C25H22FN5OS. The van der Waals surface area contributed by atoms with Gasteiger partial charge in [-0.15, -0.1) is 0 Å². The first-order chi connectivity index (χ1) is 16.2. The highest BCUT2D eigenvalue weighted by Crippen LogP contribution is 2.36. The second kappa shape index (κ2) is 10.7. The molecule has 0 saturated carbocycles. The third-order valence-electron chi connectivity index (χ3n) is 5.27. The molecule has 2 heterocycles. The van der Waals surface area contributed by atoms with Crippen molar-refractivity contribution in [2.45, 2.75) is 17.7 Å². The summed E-state index contributed by atoms with van der Waals surface area (Å²) in [4.78, 5) is 11.1. The number of pyridine rings is 1. The van der Waals surface area contributed by atoms with E-state index in [4.69, 9.17) is 5.53 Å². The number of hydrogen-bond donors (Lipinski definition) is 1. The van der Waals surface area contributed by atoms with E-state index in [9.17, 15) is 8.60 Å². The molecule has 33 heavy (non-hydrogen) atoms. The minimum Gasteiger partial charge on any atom is -0.354 e. The zero-order valence-electron chi connectivity index (χ0n) is 17.8. The third-order valence-corrected chi connectivity index (χ3v) is 6.73. The number of aromatic nitrogens is 2. The number of aromatic amines is 1. The molecule has 2 aromatic carbocycles. The van der Waals surface area contributed by atoms with Crippen LogP contribution in [0.3, 0.4) is 0 Å². The Balaban J connectivity index is 1.59. The smallest absolute Gasteiger partial charge is 0.123 e. The average molecular weight is 460 g/mol. The molecule has 166 valence electrons. The first-order valence-electron chi connectivity index (χ1n) is 10.5. The number of rotatable bonds is 9. The highest BCUT2D eigenvalue weighted by molar-refractivity contribution is 7.85. The first kappa shape index (κ1) is 22.5. The highest BCUT2D eigenvalue weighted by atomic mass is 32.2. The molecule has 0 saturated heterocycles. The standard InChI is InChI=1S/C25H22FN5OS/c26-21-7-3-20(4-8-21)25-23(18-11-14-28-15-12-18)17-24(30-25)19-5-9-22(10-6-19)33(32)16-2-1-13-29-31-27/h3-12,14-15,17,30H,1-2,13,16H2. The van der Waals surface area contributed by atoms with Gasteiger partial charge in [0.05, 0.1) is 16.5 Å². The molecule has 6 nitrogen and oxygen atoms in total. The van der Waals surface area contributed by atoms with Gasteiger partial charge in [0, 0.05) is 45.8 Å². The van der Waals surface area contributed by atoms with Gasteiger partial charge in [-0.1, -0.05) is 17.2 Å². The van der Waals surface area contributed by atoms with Gasteiger partial charge >= 0.3 is 0 Å². The maximum absolute atomic E-state index is 13.5. The van der Waals surface area contributed by atoms with Crippen LogP contribution in [0.1, 0.15) is 12.8 Å². The Bertz CT molecular complexity index is 1280. The number of benzene rings is 2. The maximum atomic E-state index is 13.5. The van der Waals surface area contributed by atoms with Crippen molar-refractivity contribution in [2.24, 2.45) is 5.11 Å². The summed E-state index contributed by atoms with van der Waals surface area (Å²) < 4.78 is 26.0. The summed E-state index contributed by atoms with van der Waals surface area (Å²) in [6.07, 6.45) is 4.95. The fourth-order valence-corrected chi connectivity index (χ4v) is 4.72. The molecule has 0 aliphatic carbocycles. The molecule has 0 fully saturated rings. The molecule has 0 spiro atoms. The van der Waals surface area contributed by atoms with Gasteiger partial charge in [0.1, 0.15) is 5.82 Å². The van der Waals surface area contributed by atoms with Crippen LogP contribution < -0.4 is 0 Å². The summed E-state index contributed by atoms with van der Waals surface area (Å²) in [6, 6.07) is 20.0. The van der Waals surface area contributed by atoms with Gasteiger partial charge in [0.2, 0.25) is 0 Å². The Morgan fingerprint density at radius 1 is 0.939 bits per heavy atom. The lowest BCUT2D eigenvalue weighted by Crippen LogP contribution is -1.99. The number of unbranched alkanes of at least 4 members (excludes halogenated alkanes) is 1. The SMILES string of the molecule is [N-]=[N+]=NCCCCS(=O)c1ccc(-c2cc(-c3ccncc3)c(-c3ccc(F)cc3)[nH]2)cc1. The summed E-state index contributed by atoms with van der Waals surface area (Å²) in [5.41, 5.74) is 14.0. The number of azide groups is 1. The normalized spacial score (nSPS) is 11.7. The number of nitrogens with one attached hydrogen (secondary N) is 1. The van der Waals surface area contributed by atoms with E-state index in [1.165, 1.54) is 12.1 Å². The Morgan fingerprint density at radius 2 is 1.64 bits per heavy atom. The largest absolute Gasteiger partial charge is 0.354 e. The van der Waals surface area contributed by atoms with E-state index in [2.05, 4.69) is 26.1 Å². The monoisotopic (exact) mass is 459 g/mol. The van der Waals surface area contributed by atoms with Gasteiger partial charge < -0.3 is 4.98 Å². The van der Waals surface area contributed by atoms with Crippen molar-refractivity contribution >= 4 is 10.8 Å². The quantitative estimate of drug-likeness (QED) is 0.130. The molecule has 0 amide bonds. The van der Waals surface area contributed by atoms with Crippen molar-refractivity contribution in [1.82, 2.24) is 9.97 Å². The van der Waals surface area contributed by atoms with E-state index in [1.54, 1.807) is 24.5 Å². The summed E-state index contributed by atoms with van der Waals surface area (Å²) in [5.74, 6) is 0.251. The Hall–Kier alpha value is -3.74. The molecule has 1 unspecified atom stereocenters. The lowest BCUT2D eigenvalue weighted by atomic mass is 10.0. The van der Waals surface area contributed by atoms with Crippen molar-refractivity contribution in [3.63, 3.8) is 0 Å². The minimum atomic E-state index is -1.10. The fraction of sp³-hybridized carbons (Fsp3) is 0.160. The molecule has 0 radical (unpaired) electrons. The van der Waals surface area contributed by atoms with Crippen molar-refractivity contribution < 1.29 is 8.60 Å². The van der Waals surface area contributed by atoms with E-state index in [-0.39, 0.29) is 5.82 Å². The maximum Gasteiger partial charge on any atom is 0.123 e. The van der Waals surface area contributed by atoms with Gasteiger partial charge in [0.25, 0.3) is 0 Å². The molecule has 0 bridgehead atoms. The molecule has 8 heteroatoms. The molecular weight excluding hydrogens is 437 g/mol. The summed E-state index contributed by atoms with van der Waals surface area (Å²) in [7, 11) is -1.10. The number of hydrogen-bond acceptors (Lipinski definition) is 3. The van der Waals surface area contributed by atoms with Gasteiger partial charge in [-0.05, 0) is 89.7 Å². The summed E-state index contributed by atoms with van der Waals surface area (Å²) >= 11 is 0. The predicted molar refractivity (Wildman–Crippen MR) is 129 cm³/mol. The Kier molecular flexibility index (Phi) is 7.29. The molecule has 1 atom stereocenters. The number of nitrogens with zero attached hydrogens (tertiary/aromatic N) is 4. The van der Waals surface area contributed by atoms with Crippen LogP contribution in [0.15, 0.2) is 89.1 Å². The second-order valence-corrected chi connectivity index (χ2v) is 9.02. The van der Waals surface area contributed by atoms with Crippen LogP contribution in [-0.4, -0.2) is 26.5 Å². The molecule has 4 rings (SSSR count). The van der Waals surface area contributed by atoms with Crippen LogP contribution in [0.5, 0.6) is 0 Å². The Morgan fingerprint density at radius 3 is 2.33 bits per heavy atom. The van der Waals surface area contributed by atoms with Crippen LogP contribution in [0, 0.1) is 5.82 Å². The van der Waals surface area contributed by atoms with Crippen LogP contribution in [0.25, 0.3) is 44.1 Å². The van der Waals surface area contributed by atoms with E-state index in [0.29, 0.717) is 12.3 Å². The van der Waals surface area contributed by atoms with Crippen LogP contribution in [-0.2, 0) is 10.8 Å². The van der Waals surface area contributed by atoms with E-state index in [0.717, 1.165) is 51.4 Å². The van der Waals surface area contributed by atoms with Crippen LogP contribution >= 0.6 is 0 Å². The third kappa shape index (κ3) is 5.55. The average Bonchev–Trinajstić information content (AvgIpc) is 3.30. The summed E-state index contributed by atoms with van der Waals surface area (Å²) in [5, 5.41) is 3.50. The van der Waals surface area contributed by atoms with Crippen molar-refractivity contribution in [3.8, 4) is 33.6 Å². The van der Waals surface area contributed by atoms with Crippen molar-refractivity contribution in [1.29, 1.82) is 0 Å². The van der Waals surface area contributed by atoms with Crippen LogP contribution in [0.2, 0.25) is 0 Å². The molecule has 4 aromatic rings. The fourth-order valence-electron chi connectivity index (χ4n) is 3.58. The van der Waals surface area contributed by atoms with Gasteiger partial charge in [-0.3, -0.25) is 9.19 Å². The topological polar surface area (TPSA) is 94.5 Å². The Labute approximate surface area is 193 Å². The predicted octanol–water partition coefficient (Wildman–Crippen LogP) is 6.75. The summed E-state index contributed by atoms with van der Waals surface area (Å²) in [6.45, 7) is 0.426. The molecule has 2 aromatic heterocycles. The molecule has 0 aliphatic rings. The van der Waals surface area contributed by atoms with E-state index >= 15 is 0 Å². The lowest BCUT2D eigenvalue weighted by Gasteiger charge is -2.05. The first-order valence-corrected chi connectivity index (χ1v) is 11.9. The molecule has 0 aliphatic heterocycles. The number of halogens is 1. The van der Waals surface area contributed by atoms with E-state index < -0.39 is 10.8 Å². The van der Waals surface area contributed by atoms with Crippen LogP contribution in [0.4, 0.5) is 4.39 Å². The minimum absolute atomic E-state index is 0.280. The van der Waals surface area contributed by atoms with Gasteiger partial charge in [-0.25, -0.2) is 4.39 Å². The van der Waals surface area contributed by atoms with Gasteiger partial charge in [-0.2, -0.15) is 0 Å². The zero-order valence-corrected chi connectivity index (χ0v) is 18.6.